The highest BCUT2D eigenvalue weighted by Crippen LogP contribution is 2.32. The van der Waals surface area contributed by atoms with Crippen LogP contribution in [0.2, 0.25) is 5.02 Å². The lowest BCUT2D eigenvalue weighted by Crippen LogP contribution is -2.43. The molecular formula is C21H19ClF6N2OS. The van der Waals surface area contributed by atoms with Crippen molar-refractivity contribution in [1.29, 1.82) is 0 Å². The van der Waals surface area contributed by atoms with Crippen LogP contribution in [0.1, 0.15) is 24.0 Å². The molecule has 2 aromatic carbocycles. The number of benzene rings is 2. The number of likely N-dealkylation sites (tertiary alicyclic amines) is 1. The number of rotatable bonds is 4. The largest absolute Gasteiger partial charge is 0.611 e. The van der Waals surface area contributed by atoms with Gasteiger partial charge in [0, 0.05) is 48.1 Å². The fraction of sp³-hybridized carbons (Fsp3) is 0.381. The fourth-order valence-corrected chi connectivity index (χ4v) is 4.52. The zero-order chi connectivity index (χ0) is 23.7. The van der Waals surface area contributed by atoms with Gasteiger partial charge in [0.25, 0.3) is 5.92 Å². The van der Waals surface area contributed by atoms with Crippen molar-refractivity contribution in [1.82, 2.24) is 4.90 Å². The van der Waals surface area contributed by atoms with Crippen molar-refractivity contribution >= 4 is 34.3 Å². The van der Waals surface area contributed by atoms with Gasteiger partial charge in [0.1, 0.15) is 17.3 Å². The summed E-state index contributed by atoms with van der Waals surface area (Å²) < 4.78 is 92.3. The van der Waals surface area contributed by atoms with E-state index in [1.54, 1.807) is 29.2 Å². The van der Waals surface area contributed by atoms with Gasteiger partial charge >= 0.3 is 6.18 Å². The van der Waals surface area contributed by atoms with Gasteiger partial charge in [-0.05, 0) is 48.4 Å². The number of aryl methyl sites for hydroxylation is 1. The van der Waals surface area contributed by atoms with Crippen molar-refractivity contribution in [2.24, 2.45) is 4.99 Å². The van der Waals surface area contributed by atoms with Crippen LogP contribution >= 0.6 is 11.6 Å². The number of hydrogen-bond donors (Lipinski definition) is 0. The number of piperidine rings is 1. The van der Waals surface area contributed by atoms with Crippen LogP contribution in [0.4, 0.5) is 32.0 Å². The maximum atomic E-state index is 14.7. The van der Waals surface area contributed by atoms with Gasteiger partial charge in [-0.15, -0.1) is 0 Å². The van der Waals surface area contributed by atoms with Gasteiger partial charge in [0.2, 0.25) is 5.75 Å². The molecule has 2 aromatic rings. The van der Waals surface area contributed by atoms with Crippen LogP contribution in [0, 0.1) is 12.7 Å². The molecule has 0 amide bonds. The monoisotopic (exact) mass is 496 g/mol. The molecular weight excluding hydrogens is 478 g/mol. The third-order valence-electron chi connectivity index (χ3n) is 4.91. The quantitative estimate of drug-likeness (QED) is 0.217. The first-order valence-electron chi connectivity index (χ1n) is 9.57. The van der Waals surface area contributed by atoms with E-state index in [0.717, 1.165) is 12.1 Å². The van der Waals surface area contributed by atoms with Gasteiger partial charge in [0.05, 0.1) is 0 Å². The van der Waals surface area contributed by atoms with Crippen LogP contribution in [0.15, 0.2) is 46.3 Å². The third kappa shape index (κ3) is 6.32. The number of alkyl halides is 5. The van der Waals surface area contributed by atoms with Gasteiger partial charge in [-0.3, -0.25) is 0 Å². The van der Waals surface area contributed by atoms with Gasteiger partial charge in [-0.25, -0.2) is 18.2 Å². The minimum absolute atomic E-state index is 0.0468. The smallest absolute Gasteiger partial charge is 0.433 e. The molecule has 1 aliphatic rings. The standard InChI is InChI=1S/C21H19ClF6N2OS/c1-13-10-16(23)17(11-18(13)32(31)12-21(26,27)28)29-19(14-2-4-15(22)5-3-14)30-8-6-20(24,25)7-9-30/h2-5,10-11H,6-9,12H2,1H3/b29-19-. The Morgan fingerprint density at radius 2 is 1.75 bits per heavy atom. The number of hydrogen-bond acceptors (Lipinski definition) is 2. The molecule has 0 N–H and O–H groups in total. The van der Waals surface area contributed by atoms with Crippen molar-refractivity contribution in [3.63, 3.8) is 0 Å². The Hall–Kier alpha value is -1.91. The molecule has 0 saturated carbocycles. The first kappa shape index (κ1) is 24.7. The molecule has 0 radical (unpaired) electrons. The lowest BCUT2D eigenvalue weighted by atomic mass is 10.1. The average molecular weight is 497 g/mol. The molecule has 1 unspecified atom stereocenters. The van der Waals surface area contributed by atoms with Crippen LogP contribution in [-0.2, 0) is 11.2 Å². The Balaban J connectivity index is 2.04. The van der Waals surface area contributed by atoms with E-state index >= 15 is 0 Å². The highest BCUT2D eigenvalue weighted by atomic mass is 35.5. The van der Waals surface area contributed by atoms with Gasteiger partial charge in [-0.1, -0.05) is 11.6 Å². The van der Waals surface area contributed by atoms with Crippen LogP contribution in [0.25, 0.3) is 0 Å². The summed E-state index contributed by atoms with van der Waals surface area (Å²) in [6.45, 7) is 1.26. The molecule has 1 aliphatic heterocycles. The molecule has 3 nitrogen and oxygen atoms in total. The van der Waals surface area contributed by atoms with Crippen molar-refractivity contribution < 1.29 is 30.9 Å². The second-order valence-corrected chi connectivity index (χ2v) is 9.32. The van der Waals surface area contributed by atoms with E-state index in [1.807, 2.05) is 0 Å². The average Bonchev–Trinajstić information content (AvgIpc) is 2.67. The number of amidine groups is 1. The normalized spacial score (nSPS) is 18.0. The number of aliphatic imine (C=N–C) groups is 1. The van der Waals surface area contributed by atoms with E-state index in [2.05, 4.69) is 4.99 Å². The predicted octanol–water partition coefficient (Wildman–Crippen LogP) is 6.27. The van der Waals surface area contributed by atoms with E-state index in [1.165, 1.54) is 6.92 Å². The summed E-state index contributed by atoms with van der Waals surface area (Å²) in [7, 11) is 0. The number of halogens is 7. The zero-order valence-corrected chi connectivity index (χ0v) is 18.4. The summed E-state index contributed by atoms with van der Waals surface area (Å²) >= 11 is 3.46. The first-order chi connectivity index (χ1) is 14.8. The van der Waals surface area contributed by atoms with E-state index in [-0.39, 0.29) is 35.1 Å². The summed E-state index contributed by atoms with van der Waals surface area (Å²) in [6.07, 6.45) is -5.50. The molecule has 32 heavy (non-hydrogen) atoms. The van der Waals surface area contributed by atoms with Crippen LogP contribution < -0.4 is 0 Å². The Labute approximate surface area is 189 Å². The van der Waals surface area contributed by atoms with E-state index in [0.29, 0.717) is 10.6 Å². The molecule has 174 valence electrons. The second-order valence-electron chi connectivity index (χ2n) is 7.46. The molecule has 0 bridgehead atoms. The lowest BCUT2D eigenvalue weighted by Gasteiger charge is -2.34. The minimum Gasteiger partial charge on any atom is -0.611 e. The Kier molecular flexibility index (Phi) is 7.36. The fourth-order valence-electron chi connectivity index (χ4n) is 3.28. The van der Waals surface area contributed by atoms with Gasteiger partial charge in [0.15, 0.2) is 4.90 Å². The molecule has 0 aliphatic carbocycles. The van der Waals surface area contributed by atoms with Gasteiger partial charge < -0.3 is 9.45 Å². The SMILES string of the molecule is Cc1cc(F)c(/N=C(/c2ccc(Cl)cc2)N2CCC(F)(F)CC2)cc1[S+]([O-])CC(F)(F)F. The maximum absolute atomic E-state index is 14.7. The summed E-state index contributed by atoms with van der Waals surface area (Å²) in [5, 5.41) is 0.421. The highest BCUT2D eigenvalue weighted by molar-refractivity contribution is 7.91. The van der Waals surface area contributed by atoms with Crippen LogP contribution in [0.5, 0.6) is 0 Å². The Morgan fingerprint density at radius 3 is 2.31 bits per heavy atom. The predicted molar refractivity (Wildman–Crippen MR) is 112 cm³/mol. The molecule has 0 spiro atoms. The van der Waals surface area contributed by atoms with Gasteiger partial charge in [-0.2, -0.15) is 13.2 Å². The van der Waals surface area contributed by atoms with Crippen molar-refractivity contribution in [2.45, 2.75) is 36.8 Å². The van der Waals surface area contributed by atoms with Crippen molar-refractivity contribution in [3.8, 4) is 0 Å². The zero-order valence-electron chi connectivity index (χ0n) is 16.9. The summed E-state index contributed by atoms with van der Waals surface area (Å²) in [4.78, 5) is 5.64. The van der Waals surface area contributed by atoms with E-state index < -0.39 is 47.7 Å². The summed E-state index contributed by atoms with van der Waals surface area (Å²) in [5.41, 5.74) is 0.232. The lowest BCUT2D eigenvalue weighted by molar-refractivity contribution is -0.106. The van der Waals surface area contributed by atoms with Crippen molar-refractivity contribution in [3.05, 3.63) is 58.4 Å². The topological polar surface area (TPSA) is 38.7 Å². The van der Waals surface area contributed by atoms with Crippen LogP contribution in [0.3, 0.4) is 0 Å². The summed E-state index contributed by atoms with van der Waals surface area (Å²) in [6, 6.07) is 8.26. The highest BCUT2D eigenvalue weighted by Gasteiger charge is 2.37. The van der Waals surface area contributed by atoms with Crippen molar-refractivity contribution in [2.75, 3.05) is 18.8 Å². The molecule has 11 heteroatoms. The maximum Gasteiger partial charge on any atom is 0.433 e. The molecule has 0 aromatic heterocycles. The summed E-state index contributed by atoms with van der Waals surface area (Å²) in [5.74, 6) is -5.05. The molecule has 1 saturated heterocycles. The second kappa shape index (κ2) is 9.52. The molecule has 1 fully saturated rings. The van der Waals surface area contributed by atoms with E-state index in [4.69, 9.17) is 11.6 Å². The Morgan fingerprint density at radius 1 is 1.16 bits per heavy atom. The first-order valence-corrected chi connectivity index (χ1v) is 11.3. The Bertz CT molecular complexity index is 987. The molecule has 3 rings (SSSR count). The van der Waals surface area contributed by atoms with Crippen LogP contribution in [-0.4, -0.2) is 46.2 Å². The molecule has 1 heterocycles. The third-order valence-corrected chi connectivity index (χ3v) is 6.68. The molecule has 1 atom stereocenters. The minimum atomic E-state index is -4.66. The number of nitrogens with zero attached hydrogens (tertiary/aromatic N) is 2. The van der Waals surface area contributed by atoms with E-state index in [9.17, 15) is 30.9 Å².